The summed E-state index contributed by atoms with van der Waals surface area (Å²) in [4.78, 5) is 11.2. The molecule has 1 aromatic heterocycles. The van der Waals surface area contributed by atoms with Gasteiger partial charge in [0.25, 0.3) is 0 Å². The van der Waals surface area contributed by atoms with Crippen LogP contribution in [0.4, 0.5) is 0 Å². The number of hydrogen-bond acceptors (Lipinski definition) is 4. The number of nitrogens with zero attached hydrogens (tertiary/aromatic N) is 3. The maximum Gasteiger partial charge on any atom is 0.246 e. The van der Waals surface area contributed by atoms with E-state index in [2.05, 4.69) is 10.4 Å². The van der Waals surface area contributed by atoms with Gasteiger partial charge in [-0.1, -0.05) is 6.42 Å². The van der Waals surface area contributed by atoms with Gasteiger partial charge in [-0.3, -0.25) is 9.48 Å². The fraction of sp³-hybridized carbons (Fsp3) is 0.714. The van der Waals surface area contributed by atoms with Crippen molar-refractivity contribution in [2.45, 2.75) is 57.0 Å². The Morgan fingerprint density at radius 3 is 2.86 bits per heavy atom. The number of aromatic nitrogens is 2. The highest BCUT2D eigenvalue weighted by molar-refractivity contribution is 7.89. The number of hydrogen-bond donors (Lipinski definition) is 1. The topological polar surface area (TPSA) is 84.3 Å². The Labute approximate surface area is 131 Å². The Morgan fingerprint density at radius 1 is 1.45 bits per heavy atom. The highest BCUT2D eigenvalue weighted by atomic mass is 32.2. The number of nitrogens with one attached hydrogen (secondary N) is 1. The standard InChI is InChI=1S/C14H24N4O3S/c1-3-17-11-14(10-16-17)22(20,21)18-9-5-4-6-13(18)7-8-15-12(2)19/h10-11,13H,3-9H2,1-2H3,(H,15,19)/t13-/m1/s1. The molecule has 124 valence electrons. The van der Waals surface area contributed by atoms with E-state index in [1.165, 1.54) is 13.1 Å². The van der Waals surface area contributed by atoms with Gasteiger partial charge in [-0.15, -0.1) is 0 Å². The fourth-order valence-electron chi connectivity index (χ4n) is 2.78. The summed E-state index contributed by atoms with van der Waals surface area (Å²) in [5, 5.41) is 6.80. The van der Waals surface area contributed by atoms with E-state index in [1.54, 1.807) is 15.2 Å². The highest BCUT2D eigenvalue weighted by Crippen LogP contribution is 2.26. The third-order valence-corrected chi connectivity index (χ3v) is 5.87. The van der Waals surface area contributed by atoms with Gasteiger partial charge in [0.05, 0.1) is 6.20 Å². The Kier molecular flexibility index (Phi) is 5.57. The Balaban J connectivity index is 2.13. The van der Waals surface area contributed by atoms with Crippen LogP contribution in [0.25, 0.3) is 0 Å². The van der Waals surface area contributed by atoms with Crippen LogP contribution in [-0.4, -0.2) is 47.5 Å². The number of carbonyl (C=O) groups is 1. The van der Waals surface area contributed by atoms with Gasteiger partial charge in [-0.25, -0.2) is 8.42 Å². The summed E-state index contributed by atoms with van der Waals surface area (Å²) in [6.45, 7) is 5.06. The highest BCUT2D eigenvalue weighted by Gasteiger charge is 2.33. The van der Waals surface area contributed by atoms with Crippen molar-refractivity contribution < 1.29 is 13.2 Å². The minimum Gasteiger partial charge on any atom is -0.356 e. The van der Waals surface area contributed by atoms with Gasteiger partial charge < -0.3 is 5.32 Å². The van der Waals surface area contributed by atoms with Crippen molar-refractivity contribution in [1.82, 2.24) is 19.4 Å². The van der Waals surface area contributed by atoms with E-state index in [0.717, 1.165) is 19.3 Å². The van der Waals surface area contributed by atoms with Crippen LogP contribution < -0.4 is 5.32 Å². The molecule has 1 aliphatic rings. The molecule has 1 atom stereocenters. The molecule has 22 heavy (non-hydrogen) atoms. The minimum absolute atomic E-state index is 0.0597. The van der Waals surface area contributed by atoms with Crippen LogP contribution in [0.5, 0.6) is 0 Å². The molecule has 0 spiro atoms. The van der Waals surface area contributed by atoms with E-state index in [4.69, 9.17) is 0 Å². The first-order valence-electron chi connectivity index (χ1n) is 7.74. The smallest absolute Gasteiger partial charge is 0.246 e. The van der Waals surface area contributed by atoms with Crippen LogP contribution in [0.2, 0.25) is 0 Å². The largest absolute Gasteiger partial charge is 0.356 e. The van der Waals surface area contributed by atoms with Gasteiger partial charge in [0, 0.05) is 38.8 Å². The van der Waals surface area contributed by atoms with E-state index in [-0.39, 0.29) is 16.8 Å². The molecular formula is C14H24N4O3S. The lowest BCUT2D eigenvalue weighted by atomic mass is 10.0. The van der Waals surface area contributed by atoms with Crippen molar-refractivity contribution in [3.05, 3.63) is 12.4 Å². The van der Waals surface area contributed by atoms with Gasteiger partial charge in [-0.05, 0) is 26.2 Å². The lowest BCUT2D eigenvalue weighted by molar-refractivity contribution is -0.119. The lowest BCUT2D eigenvalue weighted by Crippen LogP contribution is -2.45. The van der Waals surface area contributed by atoms with E-state index in [0.29, 0.717) is 26.1 Å². The quantitative estimate of drug-likeness (QED) is 0.843. The third kappa shape index (κ3) is 3.86. The SMILES string of the molecule is CCn1cc(S(=O)(=O)N2CCCC[C@@H]2CCNC(C)=O)cn1. The van der Waals surface area contributed by atoms with Gasteiger partial charge in [0.15, 0.2) is 0 Å². The zero-order valence-corrected chi connectivity index (χ0v) is 14.0. The van der Waals surface area contributed by atoms with Crippen molar-refractivity contribution in [3.8, 4) is 0 Å². The van der Waals surface area contributed by atoms with E-state index in [1.807, 2.05) is 6.92 Å². The molecule has 1 amide bonds. The summed E-state index contributed by atoms with van der Waals surface area (Å²) in [6, 6.07) is -0.0597. The number of aryl methyl sites for hydroxylation is 1. The summed E-state index contributed by atoms with van der Waals surface area (Å²) in [7, 11) is -3.51. The first-order chi connectivity index (χ1) is 10.4. The lowest BCUT2D eigenvalue weighted by Gasteiger charge is -2.34. The molecule has 2 heterocycles. The van der Waals surface area contributed by atoms with Crippen LogP contribution in [-0.2, 0) is 21.4 Å². The third-order valence-electron chi connectivity index (χ3n) is 3.96. The van der Waals surface area contributed by atoms with Crippen LogP contribution in [0.15, 0.2) is 17.3 Å². The van der Waals surface area contributed by atoms with E-state index >= 15 is 0 Å². The Morgan fingerprint density at radius 2 is 2.23 bits per heavy atom. The number of sulfonamides is 1. The molecule has 1 aliphatic heterocycles. The van der Waals surface area contributed by atoms with Gasteiger partial charge in [0.1, 0.15) is 4.90 Å². The van der Waals surface area contributed by atoms with E-state index in [9.17, 15) is 13.2 Å². The average Bonchev–Trinajstić information content (AvgIpc) is 2.97. The zero-order chi connectivity index (χ0) is 16.2. The van der Waals surface area contributed by atoms with Gasteiger partial charge >= 0.3 is 0 Å². The second kappa shape index (κ2) is 7.23. The van der Waals surface area contributed by atoms with Gasteiger partial charge in [0.2, 0.25) is 15.9 Å². The zero-order valence-electron chi connectivity index (χ0n) is 13.2. The molecule has 0 unspecified atom stereocenters. The second-order valence-electron chi connectivity index (χ2n) is 5.57. The molecule has 0 saturated carbocycles. The van der Waals surface area contributed by atoms with Crippen molar-refractivity contribution in [1.29, 1.82) is 0 Å². The molecule has 0 bridgehead atoms. The molecule has 7 nitrogen and oxygen atoms in total. The van der Waals surface area contributed by atoms with Crippen molar-refractivity contribution in [2.24, 2.45) is 0 Å². The van der Waals surface area contributed by atoms with E-state index < -0.39 is 10.0 Å². The molecule has 2 rings (SSSR count). The first kappa shape index (κ1) is 17.0. The fourth-order valence-corrected chi connectivity index (χ4v) is 4.46. The molecular weight excluding hydrogens is 304 g/mol. The van der Waals surface area contributed by atoms with Crippen LogP contribution in [0.1, 0.15) is 39.5 Å². The Bertz CT molecular complexity index is 611. The molecule has 0 aromatic carbocycles. The van der Waals surface area contributed by atoms with Crippen molar-refractivity contribution in [3.63, 3.8) is 0 Å². The Hall–Kier alpha value is -1.41. The monoisotopic (exact) mass is 328 g/mol. The molecule has 8 heteroatoms. The summed E-state index contributed by atoms with van der Waals surface area (Å²) in [5.41, 5.74) is 0. The van der Waals surface area contributed by atoms with Crippen molar-refractivity contribution in [2.75, 3.05) is 13.1 Å². The number of piperidine rings is 1. The van der Waals surface area contributed by atoms with Gasteiger partial charge in [-0.2, -0.15) is 9.40 Å². The molecule has 1 saturated heterocycles. The predicted octanol–water partition coefficient (Wildman–Crippen LogP) is 0.972. The second-order valence-corrected chi connectivity index (χ2v) is 7.46. The number of carbonyl (C=O) groups excluding carboxylic acids is 1. The van der Waals surface area contributed by atoms with Crippen LogP contribution >= 0.6 is 0 Å². The predicted molar refractivity (Wildman–Crippen MR) is 82.7 cm³/mol. The average molecular weight is 328 g/mol. The maximum absolute atomic E-state index is 12.8. The molecule has 0 radical (unpaired) electrons. The molecule has 0 aliphatic carbocycles. The summed E-state index contributed by atoms with van der Waals surface area (Å²) >= 11 is 0. The normalized spacial score (nSPS) is 20.0. The summed E-state index contributed by atoms with van der Waals surface area (Å²) < 4.78 is 28.8. The first-order valence-corrected chi connectivity index (χ1v) is 9.18. The number of amides is 1. The molecule has 1 aromatic rings. The van der Waals surface area contributed by atoms with Crippen LogP contribution in [0, 0.1) is 0 Å². The summed E-state index contributed by atoms with van der Waals surface area (Å²) in [5.74, 6) is -0.0885. The number of rotatable bonds is 6. The van der Waals surface area contributed by atoms with Crippen molar-refractivity contribution >= 4 is 15.9 Å². The maximum atomic E-state index is 12.8. The summed E-state index contributed by atoms with van der Waals surface area (Å²) in [6.07, 6.45) is 6.36. The minimum atomic E-state index is -3.51. The molecule has 1 fully saturated rings. The molecule has 1 N–H and O–H groups in total. The van der Waals surface area contributed by atoms with Crippen LogP contribution in [0.3, 0.4) is 0 Å².